The molecule has 2 rings (SSSR count). The number of likely N-dealkylation sites (N-methyl/N-ethyl adjacent to an activating group) is 1. The van der Waals surface area contributed by atoms with Gasteiger partial charge in [-0.25, -0.2) is 4.99 Å². The number of rotatable bonds is 1. The Hall–Kier alpha value is -0.530. The summed E-state index contributed by atoms with van der Waals surface area (Å²) in [7, 11) is 0. The summed E-state index contributed by atoms with van der Waals surface area (Å²) >= 11 is 0. The minimum atomic E-state index is 0.606. The maximum absolute atomic E-state index is 3.99. The Morgan fingerprint density at radius 2 is 2.67 bits per heavy atom. The lowest BCUT2D eigenvalue weighted by Gasteiger charge is -1.93. The van der Waals surface area contributed by atoms with Crippen LogP contribution in [0.2, 0.25) is 0 Å². The van der Waals surface area contributed by atoms with Gasteiger partial charge in [0.15, 0.2) is 6.17 Å². The van der Waals surface area contributed by atoms with Crippen LogP contribution in [0.15, 0.2) is 4.99 Å². The quantitative estimate of drug-likeness (QED) is 0.408. The van der Waals surface area contributed by atoms with Crippen LogP contribution in [0.3, 0.4) is 0 Å². The highest BCUT2D eigenvalue weighted by atomic mass is 15.6. The first-order valence-electron chi connectivity index (χ1n) is 2.28. The highest BCUT2D eigenvalue weighted by Gasteiger charge is 2.53. The van der Waals surface area contributed by atoms with Crippen LogP contribution in [0, 0.1) is 0 Å². The van der Waals surface area contributed by atoms with E-state index in [1.54, 1.807) is 0 Å². The van der Waals surface area contributed by atoms with Crippen LogP contribution >= 0.6 is 0 Å². The molecule has 2 heteroatoms. The Morgan fingerprint density at radius 1 is 2.00 bits per heavy atom. The van der Waals surface area contributed by atoms with Gasteiger partial charge >= 0.3 is 0 Å². The predicted molar refractivity (Wildman–Crippen MR) is 23.6 cm³/mol. The molecule has 0 aromatic heterocycles. The van der Waals surface area contributed by atoms with Crippen molar-refractivity contribution >= 4 is 5.84 Å². The fraction of sp³-hybridized carbons (Fsp3) is 0.750. The van der Waals surface area contributed by atoms with Gasteiger partial charge < -0.3 is 4.90 Å². The molecule has 0 aliphatic carbocycles. The van der Waals surface area contributed by atoms with E-state index in [2.05, 4.69) is 16.8 Å². The molecular formula is C4H6N2. The summed E-state index contributed by atoms with van der Waals surface area (Å²) < 4.78 is 0. The number of fused-ring (bicyclic) bond motifs is 1. The van der Waals surface area contributed by atoms with Crippen LogP contribution in [0.1, 0.15) is 6.92 Å². The van der Waals surface area contributed by atoms with E-state index in [0.29, 0.717) is 6.17 Å². The van der Waals surface area contributed by atoms with E-state index in [4.69, 9.17) is 0 Å². The first-order chi connectivity index (χ1) is 2.93. The topological polar surface area (TPSA) is 15.4 Å². The molecule has 0 aromatic rings. The van der Waals surface area contributed by atoms with Gasteiger partial charge in [0.2, 0.25) is 0 Å². The molecule has 0 radical (unpaired) electrons. The summed E-state index contributed by atoms with van der Waals surface area (Å²) in [5, 5.41) is 0. The molecule has 2 heterocycles. The zero-order chi connectivity index (χ0) is 4.15. The standard InChI is InChI=1S/C4H6N2/c1-2-6-3-4(6)5-3/h3H,2H2,1H3. The van der Waals surface area contributed by atoms with Gasteiger partial charge in [-0.2, -0.15) is 0 Å². The van der Waals surface area contributed by atoms with E-state index < -0.39 is 0 Å². The molecule has 0 N–H and O–H groups in total. The second-order valence-corrected chi connectivity index (χ2v) is 1.65. The van der Waals surface area contributed by atoms with E-state index in [0.717, 1.165) is 6.54 Å². The molecule has 1 saturated heterocycles. The van der Waals surface area contributed by atoms with E-state index in [9.17, 15) is 0 Å². The highest BCUT2D eigenvalue weighted by molar-refractivity contribution is 6.12. The minimum absolute atomic E-state index is 0.606. The molecule has 0 saturated carbocycles. The van der Waals surface area contributed by atoms with Crippen molar-refractivity contribution in [2.24, 2.45) is 4.99 Å². The second kappa shape index (κ2) is 0.491. The molecule has 1 fully saturated rings. The van der Waals surface area contributed by atoms with Crippen LogP contribution in [0.4, 0.5) is 0 Å². The maximum Gasteiger partial charge on any atom is 0.182 e. The lowest BCUT2D eigenvalue weighted by Crippen LogP contribution is -2.01. The van der Waals surface area contributed by atoms with E-state index in [1.165, 1.54) is 5.84 Å². The Bertz CT molecular complexity index is 117. The molecule has 0 bridgehead atoms. The Kier molecular flexibility index (Phi) is 0.214. The van der Waals surface area contributed by atoms with Crippen LogP contribution in [0.5, 0.6) is 0 Å². The van der Waals surface area contributed by atoms with Crippen molar-refractivity contribution in [1.29, 1.82) is 0 Å². The van der Waals surface area contributed by atoms with E-state index >= 15 is 0 Å². The van der Waals surface area contributed by atoms with E-state index in [1.807, 2.05) is 0 Å². The first-order valence-corrected chi connectivity index (χ1v) is 2.28. The van der Waals surface area contributed by atoms with Gasteiger partial charge in [0.05, 0.1) is 0 Å². The molecule has 32 valence electrons. The minimum Gasteiger partial charge on any atom is -0.329 e. The third kappa shape index (κ3) is 0.117. The molecule has 0 aromatic carbocycles. The van der Waals surface area contributed by atoms with Crippen molar-refractivity contribution < 1.29 is 0 Å². The molecule has 1 unspecified atom stereocenters. The normalized spacial score (nSPS) is 35.2. The summed E-state index contributed by atoms with van der Waals surface area (Å²) in [4.78, 5) is 6.26. The summed E-state index contributed by atoms with van der Waals surface area (Å²) in [6.45, 7) is 3.30. The summed E-state index contributed by atoms with van der Waals surface area (Å²) in [5.41, 5.74) is 0. The number of hydrogen-bond acceptors (Lipinski definition) is 2. The van der Waals surface area contributed by atoms with Crippen molar-refractivity contribution in [2.45, 2.75) is 13.1 Å². The Balaban J connectivity index is 2.06. The number of aliphatic imine (C=N–C) groups is 1. The van der Waals surface area contributed by atoms with E-state index in [-0.39, 0.29) is 0 Å². The van der Waals surface area contributed by atoms with Crippen molar-refractivity contribution in [3.05, 3.63) is 0 Å². The Labute approximate surface area is 36.5 Å². The van der Waals surface area contributed by atoms with Gasteiger partial charge in [-0.05, 0) is 6.92 Å². The first kappa shape index (κ1) is 2.61. The molecule has 2 aliphatic heterocycles. The van der Waals surface area contributed by atoms with Crippen molar-refractivity contribution in [2.75, 3.05) is 6.54 Å². The number of nitrogens with zero attached hydrogens (tertiary/aromatic N) is 2. The molecular weight excluding hydrogens is 76.1 g/mol. The average molecular weight is 82.1 g/mol. The predicted octanol–water partition coefficient (Wildman–Crippen LogP) is 0.0601. The molecule has 1 atom stereocenters. The SMILES string of the molecule is CCN1C2=NC21. The fourth-order valence-corrected chi connectivity index (χ4v) is 0.721. The number of amidine groups is 1. The van der Waals surface area contributed by atoms with Gasteiger partial charge in [0.1, 0.15) is 5.84 Å². The molecule has 2 aliphatic rings. The largest absolute Gasteiger partial charge is 0.329 e. The van der Waals surface area contributed by atoms with Gasteiger partial charge in [-0.1, -0.05) is 0 Å². The molecule has 0 amide bonds. The van der Waals surface area contributed by atoms with Crippen LogP contribution < -0.4 is 0 Å². The lowest BCUT2D eigenvalue weighted by molar-refractivity contribution is 0.547. The number of hydrogen-bond donors (Lipinski definition) is 0. The third-order valence-corrected chi connectivity index (χ3v) is 1.28. The highest BCUT2D eigenvalue weighted by Crippen LogP contribution is 2.35. The summed E-state index contributed by atoms with van der Waals surface area (Å²) in [6.07, 6.45) is 0.606. The second-order valence-electron chi connectivity index (χ2n) is 1.65. The van der Waals surface area contributed by atoms with Crippen LogP contribution in [-0.4, -0.2) is 23.4 Å². The van der Waals surface area contributed by atoms with Crippen LogP contribution in [0.25, 0.3) is 0 Å². The lowest BCUT2D eigenvalue weighted by atomic mass is 10.8. The average Bonchev–Trinajstić information content (AvgIpc) is 2.12. The van der Waals surface area contributed by atoms with Crippen LogP contribution in [-0.2, 0) is 0 Å². The van der Waals surface area contributed by atoms with Gasteiger partial charge in [0, 0.05) is 6.54 Å². The van der Waals surface area contributed by atoms with Gasteiger partial charge in [0.25, 0.3) is 0 Å². The van der Waals surface area contributed by atoms with Crippen molar-refractivity contribution in [1.82, 2.24) is 4.90 Å². The zero-order valence-electron chi connectivity index (χ0n) is 3.68. The molecule has 2 nitrogen and oxygen atoms in total. The zero-order valence-corrected chi connectivity index (χ0v) is 3.68. The Morgan fingerprint density at radius 3 is 2.67 bits per heavy atom. The summed E-state index contributed by atoms with van der Waals surface area (Å²) in [6, 6.07) is 0. The summed E-state index contributed by atoms with van der Waals surface area (Å²) in [5.74, 6) is 1.33. The van der Waals surface area contributed by atoms with Gasteiger partial charge in [-0.15, -0.1) is 0 Å². The maximum atomic E-state index is 3.99. The third-order valence-electron chi connectivity index (χ3n) is 1.28. The monoisotopic (exact) mass is 82.1 g/mol. The molecule has 0 spiro atoms. The van der Waals surface area contributed by atoms with Crippen molar-refractivity contribution in [3.8, 4) is 0 Å². The smallest absolute Gasteiger partial charge is 0.182 e. The van der Waals surface area contributed by atoms with Gasteiger partial charge in [-0.3, -0.25) is 0 Å². The van der Waals surface area contributed by atoms with Crippen molar-refractivity contribution in [3.63, 3.8) is 0 Å². The molecule has 6 heavy (non-hydrogen) atoms. The fourth-order valence-electron chi connectivity index (χ4n) is 0.721.